The van der Waals surface area contributed by atoms with Crippen molar-refractivity contribution in [1.82, 2.24) is 4.31 Å². The van der Waals surface area contributed by atoms with Crippen LogP contribution in [0, 0.1) is 5.41 Å². The Morgan fingerprint density at radius 3 is 2.14 bits per heavy atom. The molecular formula is C15H24N2O2S2. The van der Waals surface area contributed by atoms with Crippen LogP contribution < -0.4 is 5.73 Å². The molecule has 1 aromatic rings. The van der Waals surface area contributed by atoms with Gasteiger partial charge in [0.2, 0.25) is 10.0 Å². The second-order valence-electron chi connectivity index (χ2n) is 6.38. The van der Waals surface area contributed by atoms with Gasteiger partial charge in [-0.25, -0.2) is 12.7 Å². The molecule has 0 fully saturated rings. The summed E-state index contributed by atoms with van der Waals surface area (Å²) < 4.78 is 26.4. The van der Waals surface area contributed by atoms with Gasteiger partial charge in [0.25, 0.3) is 0 Å². The van der Waals surface area contributed by atoms with Crippen molar-refractivity contribution in [3.05, 3.63) is 35.4 Å². The van der Waals surface area contributed by atoms with Gasteiger partial charge in [0, 0.05) is 18.7 Å². The highest BCUT2D eigenvalue weighted by atomic mass is 32.2. The first kappa shape index (κ1) is 18.1. The summed E-state index contributed by atoms with van der Waals surface area (Å²) in [5.41, 5.74) is 6.88. The molecule has 0 radical (unpaired) electrons. The van der Waals surface area contributed by atoms with Crippen LogP contribution in [0.4, 0.5) is 0 Å². The first-order chi connectivity index (χ1) is 9.45. The Balaban J connectivity index is 2.92. The topological polar surface area (TPSA) is 63.4 Å². The maximum Gasteiger partial charge on any atom is 0.218 e. The fraction of sp³-hybridized carbons (Fsp3) is 0.533. The largest absolute Gasteiger partial charge is 0.389 e. The van der Waals surface area contributed by atoms with Crippen LogP contribution >= 0.6 is 12.2 Å². The monoisotopic (exact) mass is 328 g/mol. The number of nitrogens with two attached hydrogens (primary N) is 1. The van der Waals surface area contributed by atoms with Crippen LogP contribution in [0.15, 0.2) is 24.3 Å². The zero-order valence-corrected chi connectivity index (χ0v) is 14.9. The van der Waals surface area contributed by atoms with E-state index in [1.165, 1.54) is 4.31 Å². The number of nitrogens with zero attached hydrogens (tertiary/aromatic N) is 1. The lowest BCUT2D eigenvalue weighted by molar-refractivity contribution is 0.216. The highest BCUT2D eigenvalue weighted by Crippen LogP contribution is 2.26. The van der Waals surface area contributed by atoms with Crippen molar-refractivity contribution in [2.24, 2.45) is 11.1 Å². The molecule has 0 amide bonds. The standard InChI is InChI=1S/C15H24N2O2S2/c1-11(15(2,3)4)17(5)21(18,19)10-12-6-8-13(9-7-12)14(16)20/h6-9,11H,10H2,1-5H3,(H2,16,20). The summed E-state index contributed by atoms with van der Waals surface area (Å²) in [6, 6.07) is 6.92. The molecule has 21 heavy (non-hydrogen) atoms. The van der Waals surface area contributed by atoms with Crippen LogP contribution in [-0.4, -0.2) is 30.8 Å². The Hall–Kier alpha value is -0.980. The van der Waals surface area contributed by atoms with Gasteiger partial charge in [-0.05, 0) is 17.9 Å². The molecule has 1 atom stereocenters. The second-order valence-corrected chi connectivity index (χ2v) is 8.84. The van der Waals surface area contributed by atoms with Gasteiger partial charge in [-0.2, -0.15) is 0 Å². The molecule has 1 aromatic carbocycles. The van der Waals surface area contributed by atoms with E-state index in [9.17, 15) is 8.42 Å². The number of sulfonamides is 1. The molecule has 4 nitrogen and oxygen atoms in total. The first-order valence-corrected chi connectivity index (χ1v) is 8.81. The molecule has 0 saturated heterocycles. The molecule has 0 aromatic heterocycles. The average molecular weight is 329 g/mol. The van der Waals surface area contributed by atoms with Gasteiger partial charge in [0.15, 0.2) is 0 Å². The third-order valence-electron chi connectivity index (χ3n) is 3.83. The van der Waals surface area contributed by atoms with Crippen LogP contribution in [-0.2, 0) is 15.8 Å². The van der Waals surface area contributed by atoms with Gasteiger partial charge in [0.05, 0.1) is 5.75 Å². The summed E-state index contributed by atoms with van der Waals surface area (Å²) >= 11 is 4.88. The van der Waals surface area contributed by atoms with E-state index in [4.69, 9.17) is 18.0 Å². The van der Waals surface area contributed by atoms with Gasteiger partial charge in [-0.1, -0.05) is 57.3 Å². The summed E-state index contributed by atoms with van der Waals surface area (Å²) in [6.45, 7) is 8.01. The lowest BCUT2D eigenvalue weighted by Gasteiger charge is -2.34. The molecule has 0 aliphatic rings. The molecule has 0 saturated carbocycles. The smallest absolute Gasteiger partial charge is 0.218 e. The van der Waals surface area contributed by atoms with E-state index in [2.05, 4.69) is 0 Å². The maximum absolute atomic E-state index is 12.5. The Labute approximate surface area is 133 Å². The minimum absolute atomic E-state index is 0.0263. The van der Waals surface area contributed by atoms with Crippen molar-refractivity contribution in [2.75, 3.05) is 7.05 Å². The zero-order chi connectivity index (χ0) is 16.4. The molecule has 0 aliphatic heterocycles. The van der Waals surface area contributed by atoms with Gasteiger partial charge in [-0.15, -0.1) is 0 Å². The van der Waals surface area contributed by atoms with E-state index < -0.39 is 10.0 Å². The van der Waals surface area contributed by atoms with Crippen molar-refractivity contribution in [2.45, 2.75) is 39.5 Å². The van der Waals surface area contributed by atoms with Crippen LogP contribution in [0.25, 0.3) is 0 Å². The fourth-order valence-electron chi connectivity index (χ4n) is 1.86. The van der Waals surface area contributed by atoms with Crippen molar-refractivity contribution >= 4 is 27.2 Å². The molecule has 118 valence electrons. The van der Waals surface area contributed by atoms with Gasteiger partial charge in [0.1, 0.15) is 4.99 Å². The number of rotatable bonds is 5. The zero-order valence-electron chi connectivity index (χ0n) is 13.3. The third kappa shape index (κ3) is 4.76. The van der Waals surface area contributed by atoms with Crippen molar-refractivity contribution in [3.63, 3.8) is 0 Å². The summed E-state index contributed by atoms with van der Waals surface area (Å²) in [5.74, 6) is -0.0263. The Morgan fingerprint density at radius 1 is 1.29 bits per heavy atom. The van der Waals surface area contributed by atoms with Gasteiger partial charge in [-0.3, -0.25) is 0 Å². The highest BCUT2D eigenvalue weighted by Gasteiger charge is 2.31. The Morgan fingerprint density at radius 2 is 1.76 bits per heavy atom. The molecule has 0 aliphatic carbocycles. The molecule has 1 rings (SSSR count). The maximum atomic E-state index is 12.5. The normalized spacial score (nSPS) is 14.2. The lowest BCUT2D eigenvalue weighted by atomic mass is 9.88. The van der Waals surface area contributed by atoms with E-state index in [-0.39, 0.29) is 17.2 Å². The van der Waals surface area contributed by atoms with E-state index in [1.54, 1.807) is 31.3 Å². The molecule has 0 bridgehead atoms. The Bertz CT molecular complexity index is 602. The quantitative estimate of drug-likeness (QED) is 0.844. The van der Waals surface area contributed by atoms with E-state index in [1.807, 2.05) is 27.7 Å². The van der Waals surface area contributed by atoms with Crippen LogP contribution in [0.3, 0.4) is 0 Å². The Kier molecular flexibility index (Phi) is 5.52. The van der Waals surface area contributed by atoms with E-state index >= 15 is 0 Å². The summed E-state index contributed by atoms with van der Waals surface area (Å²) in [7, 11) is -1.73. The molecule has 0 heterocycles. The first-order valence-electron chi connectivity index (χ1n) is 6.79. The van der Waals surface area contributed by atoms with Crippen LogP contribution in [0.5, 0.6) is 0 Å². The highest BCUT2D eigenvalue weighted by molar-refractivity contribution is 7.88. The second kappa shape index (κ2) is 6.42. The van der Waals surface area contributed by atoms with Crippen LogP contribution in [0.1, 0.15) is 38.8 Å². The number of thiocarbonyl (C=S) groups is 1. The van der Waals surface area contributed by atoms with Gasteiger partial charge < -0.3 is 5.73 Å². The van der Waals surface area contributed by atoms with Gasteiger partial charge >= 0.3 is 0 Å². The van der Waals surface area contributed by atoms with Crippen molar-refractivity contribution in [1.29, 1.82) is 0 Å². The van der Waals surface area contributed by atoms with Crippen molar-refractivity contribution in [3.8, 4) is 0 Å². The summed E-state index contributed by atoms with van der Waals surface area (Å²) in [5, 5.41) is 0. The number of benzene rings is 1. The minimum Gasteiger partial charge on any atom is -0.389 e. The summed E-state index contributed by atoms with van der Waals surface area (Å²) in [6.07, 6.45) is 0. The molecule has 2 N–H and O–H groups in total. The van der Waals surface area contributed by atoms with Crippen LogP contribution in [0.2, 0.25) is 0 Å². The number of hydrogen-bond acceptors (Lipinski definition) is 3. The van der Waals surface area contributed by atoms with Crippen molar-refractivity contribution < 1.29 is 8.42 Å². The predicted octanol–water partition coefficient (Wildman–Crippen LogP) is 2.52. The fourth-order valence-corrected chi connectivity index (χ4v) is 3.62. The molecule has 6 heteroatoms. The molecule has 1 unspecified atom stereocenters. The molecule has 0 spiro atoms. The number of hydrogen-bond donors (Lipinski definition) is 1. The summed E-state index contributed by atoms with van der Waals surface area (Å²) in [4.78, 5) is 0.308. The lowest BCUT2D eigenvalue weighted by Crippen LogP contribution is -2.43. The van der Waals surface area contributed by atoms with E-state index in [0.717, 1.165) is 11.1 Å². The predicted molar refractivity (Wildman–Crippen MR) is 91.6 cm³/mol. The SMILES string of the molecule is CC(N(C)S(=O)(=O)Cc1ccc(C(N)=S)cc1)C(C)(C)C. The van der Waals surface area contributed by atoms with E-state index in [0.29, 0.717) is 4.99 Å². The third-order valence-corrected chi connectivity index (χ3v) is 5.95. The average Bonchev–Trinajstić information content (AvgIpc) is 2.36. The minimum atomic E-state index is -3.36. The molecular weight excluding hydrogens is 304 g/mol.